The fraction of sp³-hybridized carbons (Fsp3) is 0.500. The minimum Gasteiger partial charge on any atom is -0.440 e. The van der Waals surface area contributed by atoms with Gasteiger partial charge in [-0.05, 0) is 14.1 Å². The average Bonchev–Trinajstić information content (AvgIpc) is 2.47. The fourth-order valence-corrected chi connectivity index (χ4v) is 0.891. The predicted molar refractivity (Wildman–Crippen MR) is 44.1 cm³/mol. The van der Waals surface area contributed by atoms with E-state index < -0.39 is 0 Å². The van der Waals surface area contributed by atoms with Crippen LogP contribution in [0.5, 0.6) is 0 Å². The van der Waals surface area contributed by atoms with E-state index in [2.05, 4.69) is 4.98 Å². The zero-order valence-corrected chi connectivity index (χ0v) is 7.28. The third kappa shape index (κ3) is 2.17. The summed E-state index contributed by atoms with van der Waals surface area (Å²) in [4.78, 5) is 16.4. The van der Waals surface area contributed by atoms with Crippen molar-refractivity contribution < 1.29 is 9.21 Å². The summed E-state index contributed by atoms with van der Waals surface area (Å²) in [6, 6.07) is 0. The number of hydrogen-bond donors (Lipinski definition) is 0. The largest absolute Gasteiger partial charge is 0.440 e. The Morgan fingerprint density at radius 1 is 1.67 bits per heavy atom. The molecule has 0 N–H and O–H groups in total. The zero-order chi connectivity index (χ0) is 8.97. The van der Waals surface area contributed by atoms with Gasteiger partial charge in [0.2, 0.25) is 0 Å². The molecule has 0 aliphatic heterocycles. The molecule has 0 fully saturated rings. The highest BCUT2D eigenvalue weighted by Gasteiger charge is 2.06. The predicted octanol–water partition coefficient (Wildman–Crippen LogP) is 0.591. The van der Waals surface area contributed by atoms with Gasteiger partial charge in [0, 0.05) is 13.0 Å². The van der Waals surface area contributed by atoms with Crippen molar-refractivity contribution in [3.05, 3.63) is 17.8 Å². The molecular weight excluding hydrogens is 156 g/mol. The Bertz CT molecular complexity index is 255. The third-order valence-electron chi connectivity index (χ3n) is 1.58. The van der Waals surface area contributed by atoms with Gasteiger partial charge in [-0.25, -0.2) is 4.98 Å². The Hall–Kier alpha value is -1.16. The van der Waals surface area contributed by atoms with Crippen molar-refractivity contribution in [3.8, 4) is 0 Å². The molecule has 12 heavy (non-hydrogen) atoms. The number of nitrogens with zero attached hydrogens (tertiary/aromatic N) is 2. The smallest absolute Gasteiger partial charge is 0.190 e. The Labute approximate surface area is 71.2 Å². The lowest BCUT2D eigenvalue weighted by atomic mass is 10.2. The molecule has 4 nitrogen and oxygen atoms in total. The van der Waals surface area contributed by atoms with Gasteiger partial charge >= 0.3 is 0 Å². The molecule has 4 heteroatoms. The topological polar surface area (TPSA) is 46.3 Å². The van der Waals surface area contributed by atoms with Crippen LogP contribution in [0.2, 0.25) is 0 Å². The molecule has 0 unspecified atom stereocenters. The lowest BCUT2D eigenvalue weighted by Crippen LogP contribution is -2.15. The average molecular weight is 168 g/mol. The minimum atomic E-state index is 0.344. The van der Waals surface area contributed by atoms with Gasteiger partial charge in [0.05, 0.1) is 5.69 Å². The summed E-state index contributed by atoms with van der Waals surface area (Å²) in [6.45, 7) is 0.868. The van der Waals surface area contributed by atoms with E-state index in [0.29, 0.717) is 12.0 Å². The Morgan fingerprint density at radius 2 is 2.42 bits per heavy atom. The molecule has 0 saturated carbocycles. The monoisotopic (exact) mass is 168 g/mol. The van der Waals surface area contributed by atoms with Crippen LogP contribution in [-0.4, -0.2) is 36.8 Å². The van der Waals surface area contributed by atoms with Crippen LogP contribution in [0.3, 0.4) is 0 Å². The summed E-state index contributed by atoms with van der Waals surface area (Å²) >= 11 is 0. The van der Waals surface area contributed by atoms with Crippen LogP contribution in [-0.2, 0) is 6.42 Å². The summed E-state index contributed by atoms with van der Waals surface area (Å²) in [5.74, 6) is 0.344. The van der Waals surface area contributed by atoms with Gasteiger partial charge in [0.15, 0.2) is 18.4 Å². The maximum absolute atomic E-state index is 10.4. The van der Waals surface area contributed by atoms with Crippen molar-refractivity contribution in [2.45, 2.75) is 6.42 Å². The van der Waals surface area contributed by atoms with Gasteiger partial charge in [0.25, 0.3) is 0 Å². The van der Waals surface area contributed by atoms with Crippen molar-refractivity contribution in [2.75, 3.05) is 20.6 Å². The summed E-state index contributed by atoms with van der Waals surface area (Å²) in [7, 11) is 3.95. The van der Waals surface area contributed by atoms with Crippen LogP contribution >= 0.6 is 0 Å². The maximum atomic E-state index is 10.4. The Morgan fingerprint density at radius 3 is 3.00 bits per heavy atom. The molecule has 0 radical (unpaired) electrons. The van der Waals surface area contributed by atoms with Crippen LogP contribution in [0.1, 0.15) is 16.2 Å². The Kier molecular flexibility index (Phi) is 2.99. The van der Waals surface area contributed by atoms with Gasteiger partial charge in [-0.3, -0.25) is 4.79 Å². The normalized spacial score (nSPS) is 10.6. The van der Waals surface area contributed by atoms with Crippen molar-refractivity contribution in [1.82, 2.24) is 9.88 Å². The molecule has 0 aromatic carbocycles. The van der Waals surface area contributed by atoms with Gasteiger partial charge in [-0.1, -0.05) is 0 Å². The van der Waals surface area contributed by atoms with Crippen molar-refractivity contribution in [3.63, 3.8) is 0 Å². The number of oxazole rings is 1. The van der Waals surface area contributed by atoms with Crippen LogP contribution in [0.25, 0.3) is 0 Å². The van der Waals surface area contributed by atoms with Crippen molar-refractivity contribution in [2.24, 2.45) is 0 Å². The first-order valence-corrected chi connectivity index (χ1v) is 3.76. The first-order valence-electron chi connectivity index (χ1n) is 3.76. The number of aromatic nitrogens is 1. The fourth-order valence-electron chi connectivity index (χ4n) is 0.891. The number of carbonyl (C=O) groups excluding carboxylic acids is 1. The summed E-state index contributed by atoms with van der Waals surface area (Å²) in [5.41, 5.74) is 0.735. The maximum Gasteiger partial charge on any atom is 0.190 e. The van der Waals surface area contributed by atoms with Crippen LogP contribution in [0.15, 0.2) is 10.8 Å². The van der Waals surface area contributed by atoms with Gasteiger partial charge in [0.1, 0.15) is 0 Å². The van der Waals surface area contributed by atoms with Crippen LogP contribution in [0.4, 0.5) is 0 Å². The first kappa shape index (κ1) is 8.93. The molecule has 0 bridgehead atoms. The van der Waals surface area contributed by atoms with E-state index in [4.69, 9.17) is 4.42 Å². The second-order valence-corrected chi connectivity index (χ2v) is 2.83. The standard InChI is InChI=1S/C8H12N2O2/c1-10(2)4-3-7-8(5-11)12-6-9-7/h5-6H,3-4H2,1-2H3. The molecule has 0 amide bonds. The number of likely N-dealkylation sites (N-methyl/N-ethyl adjacent to an activating group) is 1. The molecule has 1 rings (SSSR count). The molecule has 0 spiro atoms. The summed E-state index contributed by atoms with van der Waals surface area (Å²) in [5, 5.41) is 0. The highest BCUT2D eigenvalue weighted by molar-refractivity contribution is 5.71. The molecule has 1 aromatic rings. The number of carbonyl (C=O) groups is 1. The van der Waals surface area contributed by atoms with E-state index in [9.17, 15) is 4.79 Å². The third-order valence-corrected chi connectivity index (χ3v) is 1.58. The molecule has 1 aromatic heterocycles. The van der Waals surface area contributed by atoms with Crippen LogP contribution < -0.4 is 0 Å². The van der Waals surface area contributed by atoms with E-state index in [-0.39, 0.29) is 0 Å². The quantitative estimate of drug-likeness (QED) is 0.617. The van der Waals surface area contributed by atoms with E-state index >= 15 is 0 Å². The highest BCUT2D eigenvalue weighted by atomic mass is 16.3. The molecule has 66 valence electrons. The van der Waals surface area contributed by atoms with E-state index in [1.165, 1.54) is 6.39 Å². The molecule has 1 heterocycles. The number of aldehydes is 1. The summed E-state index contributed by atoms with van der Waals surface area (Å²) in [6.07, 6.45) is 2.74. The van der Waals surface area contributed by atoms with Gasteiger partial charge in [-0.2, -0.15) is 0 Å². The van der Waals surface area contributed by atoms with Gasteiger partial charge < -0.3 is 9.32 Å². The molecule has 0 atom stereocenters. The molecule has 0 aliphatic carbocycles. The van der Waals surface area contributed by atoms with E-state index in [0.717, 1.165) is 18.7 Å². The lowest BCUT2D eigenvalue weighted by molar-refractivity contribution is 0.109. The summed E-state index contributed by atoms with van der Waals surface area (Å²) < 4.78 is 4.85. The Balaban J connectivity index is 2.56. The first-order chi connectivity index (χ1) is 5.74. The number of rotatable bonds is 4. The van der Waals surface area contributed by atoms with Crippen molar-refractivity contribution in [1.29, 1.82) is 0 Å². The molecule has 0 saturated heterocycles. The van der Waals surface area contributed by atoms with Crippen LogP contribution in [0, 0.1) is 0 Å². The molecule has 0 aliphatic rings. The minimum absolute atomic E-state index is 0.344. The lowest BCUT2D eigenvalue weighted by Gasteiger charge is -2.06. The van der Waals surface area contributed by atoms with Crippen molar-refractivity contribution >= 4 is 6.29 Å². The second-order valence-electron chi connectivity index (χ2n) is 2.83. The van der Waals surface area contributed by atoms with E-state index in [1.54, 1.807) is 0 Å². The highest BCUT2D eigenvalue weighted by Crippen LogP contribution is 2.04. The zero-order valence-electron chi connectivity index (χ0n) is 7.28. The second kappa shape index (κ2) is 4.01. The molecular formula is C8H12N2O2. The van der Waals surface area contributed by atoms with Gasteiger partial charge in [-0.15, -0.1) is 0 Å². The van der Waals surface area contributed by atoms with E-state index in [1.807, 2.05) is 19.0 Å². The number of hydrogen-bond acceptors (Lipinski definition) is 4. The SMILES string of the molecule is CN(C)CCc1ncoc1C=O.